The lowest BCUT2D eigenvalue weighted by atomic mass is 10.0. The number of anilines is 1. The summed E-state index contributed by atoms with van der Waals surface area (Å²) in [7, 11) is 0. The Kier molecular flexibility index (Phi) is 5.88. The second-order valence-electron chi connectivity index (χ2n) is 6.32. The number of H-pyrrole nitrogens is 2. The van der Waals surface area contributed by atoms with Crippen LogP contribution in [0.2, 0.25) is 0 Å². The van der Waals surface area contributed by atoms with Crippen LogP contribution in [-0.4, -0.2) is 34.0 Å². The monoisotopic (exact) mass is 393 g/mol. The van der Waals surface area contributed by atoms with Crippen molar-refractivity contribution in [1.29, 1.82) is 0 Å². The summed E-state index contributed by atoms with van der Waals surface area (Å²) in [6.07, 6.45) is 0.189. The van der Waals surface area contributed by atoms with Gasteiger partial charge in [-0.2, -0.15) is 0 Å². The molecular weight excluding hydrogens is 374 g/mol. The topological polar surface area (TPSA) is 150 Å². The van der Waals surface area contributed by atoms with Gasteiger partial charge in [0, 0.05) is 18.2 Å². The largest absolute Gasteiger partial charge is 0.361 e. The molecular formula is C20H19N5O4. The molecule has 9 nitrogen and oxygen atoms in total. The Labute approximate surface area is 165 Å². The first-order valence-corrected chi connectivity index (χ1v) is 8.75. The number of nitrogens with two attached hydrogens (primary N) is 1. The average molecular weight is 393 g/mol. The van der Waals surface area contributed by atoms with E-state index in [0.717, 1.165) is 11.1 Å². The summed E-state index contributed by atoms with van der Waals surface area (Å²) in [4.78, 5) is 46.7. The molecule has 1 unspecified atom stereocenters. The number of hydrogen-bond acceptors (Lipinski definition) is 4. The second-order valence-corrected chi connectivity index (χ2v) is 6.32. The molecule has 0 aliphatic heterocycles. The molecule has 3 rings (SSSR count). The summed E-state index contributed by atoms with van der Waals surface area (Å²) >= 11 is 0. The van der Waals surface area contributed by atoms with Crippen LogP contribution in [0.3, 0.4) is 0 Å². The molecule has 29 heavy (non-hydrogen) atoms. The fraction of sp³-hybridized carbons (Fsp3) is 0.100. The molecule has 0 bridgehead atoms. The van der Waals surface area contributed by atoms with E-state index in [1.165, 1.54) is 6.07 Å². The van der Waals surface area contributed by atoms with E-state index in [9.17, 15) is 19.2 Å². The zero-order valence-corrected chi connectivity index (χ0v) is 15.3. The van der Waals surface area contributed by atoms with E-state index in [2.05, 4.69) is 20.8 Å². The van der Waals surface area contributed by atoms with Crippen LogP contribution in [-0.2, 0) is 20.8 Å². The molecule has 6 N–H and O–H groups in total. The Bertz CT molecular complexity index is 1070. The van der Waals surface area contributed by atoms with Crippen LogP contribution >= 0.6 is 0 Å². The zero-order valence-electron chi connectivity index (χ0n) is 15.3. The maximum absolute atomic E-state index is 12.7. The number of rotatable bonds is 6. The average Bonchev–Trinajstić information content (AvgIpc) is 3.15. The van der Waals surface area contributed by atoms with Crippen LogP contribution < -0.4 is 21.9 Å². The molecule has 2 aromatic carbocycles. The third-order valence-corrected chi connectivity index (χ3v) is 4.19. The third kappa shape index (κ3) is 5.19. The van der Waals surface area contributed by atoms with E-state index < -0.39 is 23.8 Å². The smallest absolute Gasteiger partial charge is 0.309 e. The number of primary amides is 1. The van der Waals surface area contributed by atoms with Gasteiger partial charge >= 0.3 is 11.8 Å². The van der Waals surface area contributed by atoms with E-state index in [4.69, 9.17) is 5.73 Å². The molecule has 1 heterocycles. The maximum Gasteiger partial charge on any atom is 0.309 e. The lowest BCUT2D eigenvalue weighted by Crippen LogP contribution is -2.49. The minimum Gasteiger partial charge on any atom is -0.361 e. The molecule has 3 amide bonds. The minimum absolute atomic E-state index is 0.189. The van der Waals surface area contributed by atoms with Gasteiger partial charge in [0.1, 0.15) is 6.04 Å². The van der Waals surface area contributed by atoms with E-state index in [0.29, 0.717) is 11.4 Å². The van der Waals surface area contributed by atoms with Crippen LogP contribution in [0.4, 0.5) is 5.69 Å². The molecule has 148 valence electrons. The van der Waals surface area contributed by atoms with Gasteiger partial charge in [-0.1, -0.05) is 42.5 Å². The highest BCUT2D eigenvalue weighted by molar-refractivity contribution is 6.35. The first-order valence-electron chi connectivity index (χ1n) is 8.75. The number of carbonyl (C=O) groups is 3. The molecule has 0 radical (unpaired) electrons. The summed E-state index contributed by atoms with van der Waals surface area (Å²) < 4.78 is 0. The van der Waals surface area contributed by atoms with Crippen LogP contribution in [0.1, 0.15) is 5.56 Å². The van der Waals surface area contributed by atoms with Gasteiger partial charge in [0.05, 0.1) is 5.69 Å². The van der Waals surface area contributed by atoms with Crippen molar-refractivity contribution in [2.24, 2.45) is 5.73 Å². The van der Waals surface area contributed by atoms with Crippen molar-refractivity contribution in [3.63, 3.8) is 0 Å². The van der Waals surface area contributed by atoms with Crippen molar-refractivity contribution in [2.75, 3.05) is 5.32 Å². The molecule has 1 atom stereocenters. The molecule has 0 spiro atoms. The van der Waals surface area contributed by atoms with Crippen molar-refractivity contribution < 1.29 is 14.4 Å². The van der Waals surface area contributed by atoms with Crippen molar-refractivity contribution in [3.05, 3.63) is 76.6 Å². The number of amides is 3. The van der Waals surface area contributed by atoms with Gasteiger partial charge in [-0.3, -0.25) is 29.4 Å². The van der Waals surface area contributed by atoms with Gasteiger partial charge < -0.3 is 16.4 Å². The fourth-order valence-corrected chi connectivity index (χ4v) is 2.74. The summed E-state index contributed by atoms with van der Waals surface area (Å²) in [6.45, 7) is 0. The Morgan fingerprint density at radius 2 is 1.66 bits per heavy atom. The fourth-order valence-electron chi connectivity index (χ4n) is 2.74. The minimum atomic E-state index is -1.17. The highest BCUT2D eigenvalue weighted by Crippen LogP contribution is 2.18. The van der Waals surface area contributed by atoms with Crippen molar-refractivity contribution >= 4 is 23.4 Å². The molecule has 0 saturated heterocycles. The lowest BCUT2D eigenvalue weighted by molar-refractivity contribution is -0.138. The summed E-state index contributed by atoms with van der Waals surface area (Å²) in [5.41, 5.74) is 7.42. The Hall–Kier alpha value is -4.14. The van der Waals surface area contributed by atoms with Crippen LogP contribution in [0.5, 0.6) is 0 Å². The molecule has 1 aromatic heterocycles. The van der Waals surface area contributed by atoms with Crippen molar-refractivity contribution in [2.45, 2.75) is 12.5 Å². The molecule has 3 aromatic rings. The number of aromatic amines is 2. The standard InChI is InChI=1S/C20H19N5O4/c21-18(27)20(29)23-16(10-12-4-2-1-3-5-12)19(28)22-14-8-6-13(7-9-14)15-11-17(26)25-24-15/h1-9,11,16H,10H2,(H2,21,27)(H,22,28)(H,23,29)(H2,24,25,26). The van der Waals surface area contributed by atoms with Gasteiger partial charge in [0.15, 0.2) is 0 Å². The Morgan fingerprint density at radius 1 is 0.966 bits per heavy atom. The van der Waals surface area contributed by atoms with E-state index in [1.807, 2.05) is 30.3 Å². The molecule has 0 aliphatic rings. The van der Waals surface area contributed by atoms with Crippen molar-refractivity contribution in [1.82, 2.24) is 15.5 Å². The van der Waals surface area contributed by atoms with Crippen molar-refractivity contribution in [3.8, 4) is 11.3 Å². The quantitative estimate of drug-likeness (QED) is 0.388. The van der Waals surface area contributed by atoms with Crippen LogP contribution in [0.15, 0.2) is 65.5 Å². The molecule has 9 heteroatoms. The number of carbonyl (C=O) groups excluding carboxylic acids is 3. The maximum atomic E-state index is 12.7. The van der Waals surface area contributed by atoms with Gasteiger partial charge in [0.2, 0.25) is 5.91 Å². The highest BCUT2D eigenvalue weighted by atomic mass is 16.2. The predicted molar refractivity (Wildman–Crippen MR) is 107 cm³/mol. The molecule has 0 saturated carbocycles. The second kappa shape index (κ2) is 8.70. The van der Waals surface area contributed by atoms with Crippen LogP contribution in [0.25, 0.3) is 11.3 Å². The van der Waals surface area contributed by atoms with E-state index in [-0.39, 0.29) is 12.0 Å². The highest BCUT2D eigenvalue weighted by Gasteiger charge is 2.23. The number of hydrogen-bond donors (Lipinski definition) is 5. The number of aromatic nitrogens is 2. The normalized spacial score (nSPS) is 11.4. The molecule has 0 fully saturated rings. The van der Waals surface area contributed by atoms with Gasteiger partial charge in [-0.25, -0.2) is 0 Å². The summed E-state index contributed by atoms with van der Waals surface area (Å²) in [5.74, 6) is -2.69. The van der Waals surface area contributed by atoms with Gasteiger partial charge in [-0.15, -0.1) is 0 Å². The summed E-state index contributed by atoms with van der Waals surface area (Å²) in [6, 6.07) is 16.3. The zero-order chi connectivity index (χ0) is 20.8. The predicted octanol–water partition coefficient (Wildman–Crippen LogP) is 0.521. The summed E-state index contributed by atoms with van der Waals surface area (Å²) in [5, 5.41) is 10.3. The first-order chi connectivity index (χ1) is 13.9. The number of nitrogens with one attached hydrogen (secondary N) is 4. The SMILES string of the molecule is NC(=O)C(=O)NC(Cc1ccccc1)C(=O)Nc1ccc(-c2cc(=O)[nH][nH]2)cc1. The first kappa shape index (κ1) is 19.6. The van der Waals surface area contributed by atoms with E-state index in [1.54, 1.807) is 24.3 Å². The Balaban J connectivity index is 1.73. The third-order valence-electron chi connectivity index (χ3n) is 4.19. The number of benzene rings is 2. The lowest BCUT2D eigenvalue weighted by Gasteiger charge is -2.18. The molecule has 0 aliphatic carbocycles. The van der Waals surface area contributed by atoms with Gasteiger partial charge in [-0.05, 0) is 23.3 Å². The van der Waals surface area contributed by atoms with E-state index >= 15 is 0 Å². The van der Waals surface area contributed by atoms with Gasteiger partial charge in [0.25, 0.3) is 5.56 Å². The van der Waals surface area contributed by atoms with Crippen LogP contribution in [0, 0.1) is 0 Å². The Morgan fingerprint density at radius 3 is 2.24 bits per heavy atom.